The lowest BCUT2D eigenvalue weighted by molar-refractivity contribution is -0.137. The summed E-state index contributed by atoms with van der Waals surface area (Å²) >= 11 is 0. The fourth-order valence-corrected chi connectivity index (χ4v) is 1.55. The lowest BCUT2D eigenvalue weighted by atomic mass is 9.96. The van der Waals surface area contributed by atoms with E-state index in [4.69, 9.17) is 9.84 Å². The first kappa shape index (κ1) is 12.5. The molecule has 1 unspecified atom stereocenters. The van der Waals surface area contributed by atoms with Crippen LogP contribution >= 0.6 is 0 Å². The Morgan fingerprint density at radius 2 is 2.19 bits per heavy atom. The van der Waals surface area contributed by atoms with Gasteiger partial charge in [-0.1, -0.05) is 6.92 Å². The molecule has 1 N–H and O–H groups in total. The van der Waals surface area contributed by atoms with Gasteiger partial charge in [-0.3, -0.25) is 4.79 Å². The molecular weight excluding hydrogens is 211 g/mol. The highest BCUT2D eigenvalue weighted by Gasteiger charge is 2.14. The van der Waals surface area contributed by atoms with Gasteiger partial charge in [-0.05, 0) is 30.5 Å². The number of carboxylic acids is 1. The molecule has 0 amide bonds. The van der Waals surface area contributed by atoms with Gasteiger partial charge >= 0.3 is 5.97 Å². The van der Waals surface area contributed by atoms with Gasteiger partial charge in [0, 0.05) is 5.56 Å². The van der Waals surface area contributed by atoms with Crippen LogP contribution in [0.2, 0.25) is 0 Å². The predicted molar refractivity (Wildman–Crippen MR) is 58.4 cm³/mol. The van der Waals surface area contributed by atoms with Crippen molar-refractivity contribution in [3.8, 4) is 5.75 Å². The fourth-order valence-electron chi connectivity index (χ4n) is 1.55. The molecule has 1 atom stereocenters. The maximum absolute atomic E-state index is 13.5. The number of carbonyl (C=O) groups is 1. The van der Waals surface area contributed by atoms with Crippen LogP contribution in [0.25, 0.3) is 0 Å². The Labute approximate surface area is 93.9 Å². The maximum atomic E-state index is 13.5. The molecule has 0 aliphatic heterocycles. The minimum atomic E-state index is -0.896. The summed E-state index contributed by atoms with van der Waals surface area (Å²) in [5, 5.41) is 8.67. The lowest BCUT2D eigenvalue weighted by Gasteiger charge is -2.13. The molecule has 0 saturated heterocycles. The third kappa shape index (κ3) is 2.72. The highest BCUT2D eigenvalue weighted by Crippen LogP contribution is 2.28. The largest absolute Gasteiger partial charge is 0.496 e. The molecule has 1 aromatic rings. The van der Waals surface area contributed by atoms with Crippen LogP contribution in [0.4, 0.5) is 4.39 Å². The summed E-state index contributed by atoms with van der Waals surface area (Å²) in [6.07, 6.45) is -0.0222. The number of hydrogen-bond donors (Lipinski definition) is 1. The summed E-state index contributed by atoms with van der Waals surface area (Å²) in [5.41, 5.74) is 1.08. The third-order valence-electron chi connectivity index (χ3n) is 2.59. The summed E-state index contributed by atoms with van der Waals surface area (Å²) in [7, 11) is 1.47. The van der Waals surface area contributed by atoms with Crippen molar-refractivity contribution in [2.45, 2.75) is 26.2 Å². The second kappa shape index (κ2) is 4.96. The summed E-state index contributed by atoms with van der Waals surface area (Å²) in [4.78, 5) is 10.6. The van der Waals surface area contributed by atoms with Gasteiger partial charge in [0.25, 0.3) is 0 Å². The molecule has 0 bridgehead atoms. The maximum Gasteiger partial charge on any atom is 0.303 e. The van der Waals surface area contributed by atoms with Gasteiger partial charge in [-0.25, -0.2) is 4.39 Å². The van der Waals surface area contributed by atoms with Gasteiger partial charge in [0.15, 0.2) is 0 Å². The molecule has 0 fully saturated rings. The van der Waals surface area contributed by atoms with Crippen molar-refractivity contribution in [1.29, 1.82) is 0 Å². The Bertz CT molecular complexity index is 401. The monoisotopic (exact) mass is 226 g/mol. The van der Waals surface area contributed by atoms with E-state index in [1.54, 1.807) is 19.9 Å². The summed E-state index contributed by atoms with van der Waals surface area (Å²) < 4.78 is 18.5. The Hall–Kier alpha value is -1.58. The van der Waals surface area contributed by atoms with Crippen molar-refractivity contribution >= 4 is 5.97 Å². The number of ether oxygens (including phenoxy) is 1. The van der Waals surface area contributed by atoms with Crippen LogP contribution in [0.3, 0.4) is 0 Å². The van der Waals surface area contributed by atoms with Crippen LogP contribution in [0, 0.1) is 12.7 Å². The molecule has 1 aromatic carbocycles. The molecule has 88 valence electrons. The molecule has 0 aliphatic carbocycles. The van der Waals surface area contributed by atoms with E-state index in [0.717, 1.165) is 0 Å². The van der Waals surface area contributed by atoms with E-state index in [9.17, 15) is 9.18 Å². The number of rotatable bonds is 4. The normalized spacial score (nSPS) is 12.2. The molecule has 0 aliphatic rings. The zero-order valence-electron chi connectivity index (χ0n) is 9.58. The van der Waals surface area contributed by atoms with E-state index < -0.39 is 5.97 Å². The molecular formula is C12H15FO3. The Balaban J connectivity index is 3.05. The van der Waals surface area contributed by atoms with E-state index in [2.05, 4.69) is 0 Å². The Morgan fingerprint density at radius 1 is 1.56 bits per heavy atom. The van der Waals surface area contributed by atoms with Gasteiger partial charge in [0.2, 0.25) is 0 Å². The average molecular weight is 226 g/mol. The van der Waals surface area contributed by atoms with Crippen LogP contribution in [-0.2, 0) is 4.79 Å². The molecule has 0 spiro atoms. The number of methoxy groups -OCH3 is 1. The molecule has 16 heavy (non-hydrogen) atoms. The standard InChI is InChI=1S/C12H15FO3/c1-7(4-12(14)15)9-5-10(13)8(2)11(6-9)16-3/h5-7H,4H2,1-3H3,(H,14,15). The first-order valence-corrected chi connectivity index (χ1v) is 5.01. The zero-order chi connectivity index (χ0) is 12.3. The lowest BCUT2D eigenvalue weighted by Crippen LogP contribution is -2.04. The third-order valence-corrected chi connectivity index (χ3v) is 2.59. The van der Waals surface area contributed by atoms with Crippen molar-refractivity contribution in [2.24, 2.45) is 0 Å². The minimum Gasteiger partial charge on any atom is -0.496 e. The SMILES string of the molecule is COc1cc(C(C)CC(=O)O)cc(F)c1C. The summed E-state index contributed by atoms with van der Waals surface area (Å²) in [6, 6.07) is 3.05. The van der Waals surface area contributed by atoms with E-state index >= 15 is 0 Å². The van der Waals surface area contributed by atoms with E-state index in [1.165, 1.54) is 13.2 Å². The van der Waals surface area contributed by atoms with Crippen LogP contribution in [0.15, 0.2) is 12.1 Å². The van der Waals surface area contributed by atoms with Crippen LogP contribution in [0.5, 0.6) is 5.75 Å². The van der Waals surface area contributed by atoms with Crippen molar-refractivity contribution in [1.82, 2.24) is 0 Å². The van der Waals surface area contributed by atoms with E-state index in [0.29, 0.717) is 16.9 Å². The Kier molecular flexibility index (Phi) is 3.88. The van der Waals surface area contributed by atoms with Gasteiger partial charge in [0.05, 0.1) is 13.5 Å². The van der Waals surface area contributed by atoms with E-state index in [-0.39, 0.29) is 18.2 Å². The van der Waals surface area contributed by atoms with Gasteiger partial charge in [-0.15, -0.1) is 0 Å². The van der Waals surface area contributed by atoms with E-state index in [1.807, 2.05) is 0 Å². The molecule has 0 radical (unpaired) electrons. The zero-order valence-corrected chi connectivity index (χ0v) is 9.58. The molecule has 3 nitrogen and oxygen atoms in total. The topological polar surface area (TPSA) is 46.5 Å². The van der Waals surface area contributed by atoms with Crippen molar-refractivity contribution in [3.63, 3.8) is 0 Å². The number of aliphatic carboxylic acids is 1. The quantitative estimate of drug-likeness (QED) is 0.858. The number of carboxylic acid groups (broad SMARTS) is 1. The smallest absolute Gasteiger partial charge is 0.303 e. The first-order chi connectivity index (χ1) is 7.45. The van der Waals surface area contributed by atoms with Gasteiger partial charge in [-0.2, -0.15) is 0 Å². The molecule has 0 saturated carbocycles. The van der Waals surface area contributed by atoms with Crippen molar-refractivity contribution < 1.29 is 19.0 Å². The van der Waals surface area contributed by atoms with Crippen LogP contribution < -0.4 is 4.74 Å². The minimum absolute atomic E-state index is 0.0222. The molecule has 0 heterocycles. The molecule has 0 aromatic heterocycles. The van der Waals surface area contributed by atoms with Crippen molar-refractivity contribution in [2.75, 3.05) is 7.11 Å². The Morgan fingerprint density at radius 3 is 2.69 bits per heavy atom. The molecule has 4 heteroatoms. The summed E-state index contributed by atoms with van der Waals surface area (Å²) in [5.74, 6) is -1.05. The van der Waals surface area contributed by atoms with Gasteiger partial charge < -0.3 is 9.84 Å². The number of hydrogen-bond acceptors (Lipinski definition) is 2. The highest BCUT2D eigenvalue weighted by molar-refractivity contribution is 5.68. The number of halogens is 1. The molecule has 1 rings (SSSR count). The highest BCUT2D eigenvalue weighted by atomic mass is 19.1. The second-order valence-electron chi connectivity index (χ2n) is 3.83. The number of benzene rings is 1. The average Bonchev–Trinajstić information content (AvgIpc) is 2.20. The predicted octanol–water partition coefficient (Wildman–Crippen LogP) is 2.72. The van der Waals surface area contributed by atoms with Crippen molar-refractivity contribution in [3.05, 3.63) is 29.1 Å². The first-order valence-electron chi connectivity index (χ1n) is 5.01. The van der Waals surface area contributed by atoms with Gasteiger partial charge in [0.1, 0.15) is 11.6 Å². The second-order valence-corrected chi connectivity index (χ2v) is 3.83. The summed E-state index contributed by atoms with van der Waals surface area (Å²) in [6.45, 7) is 3.37. The fraction of sp³-hybridized carbons (Fsp3) is 0.417. The van der Waals surface area contributed by atoms with Crippen LogP contribution in [-0.4, -0.2) is 18.2 Å². The van der Waals surface area contributed by atoms with Crippen LogP contribution in [0.1, 0.15) is 30.4 Å².